The molecule has 1 aromatic heterocycles. The Labute approximate surface area is 137 Å². The summed E-state index contributed by atoms with van der Waals surface area (Å²) in [6, 6.07) is 8.46. The predicted molar refractivity (Wildman–Crippen MR) is 87.8 cm³/mol. The summed E-state index contributed by atoms with van der Waals surface area (Å²) in [6.45, 7) is 4.38. The van der Waals surface area contributed by atoms with Gasteiger partial charge < -0.3 is 10.2 Å². The largest absolute Gasteiger partial charge is 0.396 e. The van der Waals surface area contributed by atoms with Crippen LogP contribution in [0, 0.1) is 18.3 Å². The third-order valence-corrected chi connectivity index (χ3v) is 5.59. The Morgan fingerprint density at radius 2 is 2.04 bits per heavy atom. The average Bonchev–Trinajstić information content (AvgIpc) is 3.12. The highest BCUT2D eigenvalue weighted by atomic mass is 16.3. The van der Waals surface area contributed by atoms with Gasteiger partial charge in [0.15, 0.2) is 0 Å². The van der Waals surface area contributed by atoms with Crippen LogP contribution in [0.1, 0.15) is 30.9 Å². The number of rotatable bonds is 5. The second kappa shape index (κ2) is 6.06. The lowest BCUT2D eigenvalue weighted by Gasteiger charge is -2.42. The zero-order chi connectivity index (χ0) is 16.5. The molecule has 0 aliphatic heterocycles. The third-order valence-electron chi connectivity index (χ3n) is 5.59. The minimum Gasteiger partial charge on any atom is -0.396 e. The minimum absolute atomic E-state index is 0.0252. The Balaban J connectivity index is 1.87. The highest BCUT2D eigenvalue weighted by molar-refractivity contribution is 5.23. The van der Waals surface area contributed by atoms with E-state index in [4.69, 9.17) is 0 Å². The monoisotopic (exact) mass is 315 g/mol. The van der Waals surface area contributed by atoms with Gasteiger partial charge in [0.2, 0.25) is 0 Å². The Hall–Kier alpha value is -1.72. The van der Waals surface area contributed by atoms with E-state index in [0.717, 1.165) is 19.3 Å². The van der Waals surface area contributed by atoms with Crippen LogP contribution < -0.4 is 0 Å². The summed E-state index contributed by atoms with van der Waals surface area (Å²) in [6.07, 6.45) is 5.61. The quantitative estimate of drug-likeness (QED) is 0.885. The molecule has 1 aliphatic rings. The number of aryl methyl sites for hydroxylation is 1. The highest BCUT2D eigenvalue weighted by Crippen LogP contribution is 2.51. The zero-order valence-electron chi connectivity index (χ0n) is 13.8. The van der Waals surface area contributed by atoms with Crippen molar-refractivity contribution in [2.75, 3.05) is 6.61 Å². The Morgan fingerprint density at radius 1 is 1.30 bits per heavy atom. The lowest BCUT2D eigenvalue weighted by atomic mass is 9.71. The van der Waals surface area contributed by atoms with E-state index in [0.29, 0.717) is 6.54 Å². The fourth-order valence-electron chi connectivity index (χ4n) is 3.82. The molecule has 0 saturated heterocycles. The summed E-state index contributed by atoms with van der Waals surface area (Å²) in [5.41, 5.74) is 0.937. The molecule has 0 amide bonds. The molecule has 3 unspecified atom stereocenters. The molecule has 5 heteroatoms. The third kappa shape index (κ3) is 2.91. The van der Waals surface area contributed by atoms with E-state index in [1.807, 2.05) is 6.92 Å². The van der Waals surface area contributed by atoms with Gasteiger partial charge in [-0.05, 0) is 37.7 Å². The Bertz CT molecular complexity index is 641. The van der Waals surface area contributed by atoms with Crippen LogP contribution in [0.25, 0.3) is 0 Å². The van der Waals surface area contributed by atoms with Crippen molar-refractivity contribution in [3.8, 4) is 0 Å². The van der Waals surface area contributed by atoms with Gasteiger partial charge in [-0.1, -0.05) is 36.8 Å². The van der Waals surface area contributed by atoms with Crippen LogP contribution in [0.3, 0.4) is 0 Å². The molecular weight excluding hydrogens is 290 g/mol. The maximum Gasteiger partial charge on any atom is 0.137 e. The number of hydrogen-bond donors (Lipinski definition) is 2. The first-order valence-electron chi connectivity index (χ1n) is 8.18. The summed E-state index contributed by atoms with van der Waals surface area (Å²) in [4.78, 5) is 3.97. The number of aliphatic hydroxyl groups excluding tert-OH is 1. The van der Waals surface area contributed by atoms with E-state index in [-0.39, 0.29) is 12.5 Å². The topological polar surface area (TPSA) is 71.2 Å². The average molecular weight is 315 g/mol. The second-order valence-electron chi connectivity index (χ2n) is 7.16. The Kier molecular flexibility index (Phi) is 4.25. The lowest BCUT2D eigenvalue weighted by Crippen LogP contribution is -2.52. The summed E-state index contributed by atoms with van der Waals surface area (Å²) >= 11 is 0. The molecule has 1 aromatic carbocycles. The smallest absolute Gasteiger partial charge is 0.137 e. The van der Waals surface area contributed by atoms with Crippen molar-refractivity contribution in [2.24, 2.45) is 11.3 Å². The van der Waals surface area contributed by atoms with E-state index in [1.54, 1.807) is 11.0 Å². The summed E-state index contributed by atoms with van der Waals surface area (Å²) in [5, 5.41) is 25.6. The lowest BCUT2D eigenvalue weighted by molar-refractivity contribution is -0.116. The zero-order valence-corrected chi connectivity index (χ0v) is 13.8. The van der Waals surface area contributed by atoms with Gasteiger partial charge >= 0.3 is 0 Å². The summed E-state index contributed by atoms with van der Waals surface area (Å²) < 4.78 is 1.67. The number of nitrogens with zero attached hydrogens (tertiary/aromatic N) is 3. The second-order valence-corrected chi connectivity index (χ2v) is 7.16. The van der Waals surface area contributed by atoms with Gasteiger partial charge in [0, 0.05) is 5.41 Å². The molecule has 3 rings (SSSR count). The van der Waals surface area contributed by atoms with Crippen LogP contribution in [0.15, 0.2) is 36.9 Å². The molecule has 1 heterocycles. The molecule has 0 spiro atoms. The summed E-state index contributed by atoms with van der Waals surface area (Å²) in [5.74, 6) is 0.0894. The van der Waals surface area contributed by atoms with E-state index >= 15 is 0 Å². The molecule has 1 aliphatic carbocycles. The molecule has 2 aromatic rings. The normalized spacial score (nSPS) is 30.7. The molecule has 0 bridgehead atoms. The molecule has 1 fully saturated rings. The summed E-state index contributed by atoms with van der Waals surface area (Å²) in [7, 11) is 0. The number of benzene rings is 1. The van der Waals surface area contributed by atoms with Gasteiger partial charge in [-0.25, -0.2) is 4.98 Å². The molecule has 23 heavy (non-hydrogen) atoms. The fourth-order valence-corrected chi connectivity index (χ4v) is 3.82. The number of hydrogen-bond acceptors (Lipinski definition) is 4. The highest BCUT2D eigenvalue weighted by Gasteiger charge is 2.56. The predicted octanol–water partition coefficient (Wildman–Crippen LogP) is 1.97. The van der Waals surface area contributed by atoms with Crippen LogP contribution in [0.4, 0.5) is 0 Å². The van der Waals surface area contributed by atoms with E-state index in [2.05, 4.69) is 41.3 Å². The maximum atomic E-state index is 11.5. The van der Waals surface area contributed by atoms with E-state index in [9.17, 15) is 10.2 Å². The van der Waals surface area contributed by atoms with Gasteiger partial charge in [-0.2, -0.15) is 5.10 Å². The first kappa shape index (κ1) is 16.1. The van der Waals surface area contributed by atoms with Crippen molar-refractivity contribution >= 4 is 0 Å². The molecule has 2 N–H and O–H groups in total. The molecule has 124 valence electrons. The van der Waals surface area contributed by atoms with Crippen molar-refractivity contribution in [3.05, 3.63) is 48.0 Å². The van der Waals surface area contributed by atoms with Crippen molar-refractivity contribution in [2.45, 2.75) is 45.3 Å². The molecule has 1 saturated carbocycles. The van der Waals surface area contributed by atoms with Crippen molar-refractivity contribution in [1.82, 2.24) is 14.8 Å². The number of aromatic nitrogens is 3. The van der Waals surface area contributed by atoms with Crippen molar-refractivity contribution in [3.63, 3.8) is 0 Å². The van der Waals surface area contributed by atoms with E-state index in [1.165, 1.54) is 17.5 Å². The van der Waals surface area contributed by atoms with Gasteiger partial charge in [0.1, 0.15) is 12.7 Å². The molecule has 5 nitrogen and oxygen atoms in total. The fraction of sp³-hybridized carbons (Fsp3) is 0.556. The maximum absolute atomic E-state index is 11.5. The van der Waals surface area contributed by atoms with E-state index < -0.39 is 11.0 Å². The SMILES string of the molecule is Cc1ccc(CC2CCC(C)(CO)C2(O)Cn2cncn2)cc1. The van der Waals surface area contributed by atoms with Crippen LogP contribution in [0.5, 0.6) is 0 Å². The number of aliphatic hydroxyl groups is 2. The first-order valence-corrected chi connectivity index (χ1v) is 8.18. The molecular formula is C18H25N3O2. The standard InChI is InChI=1S/C18H25N3O2/c1-14-3-5-15(6-4-14)9-16-7-8-17(2,11-22)18(16,23)10-21-13-19-12-20-21/h3-6,12-13,16,22-23H,7-11H2,1-2H3. The first-order chi connectivity index (χ1) is 11.0. The van der Waals surface area contributed by atoms with Crippen molar-refractivity contribution in [1.29, 1.82) is 0 Å². The van der Waals surface area contributed by atoms with Gasteiger partial charge in [0.25, 0.3) is 0 Å². The molecule has 0 radical (unpaired) electrons. The van der Waals surface area contributed by atoms with Crippen LogP contribution >= 0.6 is 0 Å². The van der Waals surface area contributed by atoms with Crippen LogP contribution in [0.2, 0.25) is 0 Å². The minimum atomic E-state index is -1.000. The van der Waals surface area contributed by atoms with Gasteiger partial charge in [-0.3, -0.25) is 4.68 Å². The van der Waals surface area contributed by atoms with Crippen LogP contribution in [-0.4, -0.2) is 37.2 Å². The van der Waals surface area contributed by atoms with Gasteiger partial charge in [-0.15, -0.1) is 0 Å². The molecule has 3 atom stereocenters. The van der Waals surface area contributed by atoms with Crippen LogP contribution in [-0.2, 0) is 13.0 Å². The van der Waals surface area contributed by atoms with Crippen molar-refractivity contribution < 1.29 is 10.2 Å². The van der Waals surface area contributed by atoms with Gasteiger partial charge in [0.05, 0.1) is 18.8 Å². The Morgan fingerprint density at radius 3 is 2.65 bits per heavy atom.